The van der Waals surface area contributed by atoms with Crippen LogP contribution in [0.5, 0.6) is 0 Å². The molecule has 1 heterocycles. The van der Waals surface area contributed by atoms with Gasteiger partial charge in [0, 0.05) is 5.69 Å². The van der Waals surface area contributed by atoms with E-state index >= 15 is 0 Å². The number of nitrogens with zero attached hydrogens (tertiary/aromatic N) is 1. The molecule has 0 saturated heterocycles. The Labute approximate surface area is 138 Å². The Morgan fingerprint density at radius 2 is 1.91 bits per heavy atom. The molecule has 0 spiro atoms. The third-order valence-electron chi connectivity index (χ3n) is 3.89. The number of hydrogen-bond acceptors (Lipinski definition) is 3. The van der Waals surface area contributed by atoms with Crippen molar-refractivity contribution in [1.82, 2.24) is 3.96 Å². The van der Waals surface area contributed by atoms with Crippen LogP contribution < -0.4 is 10.9 Å². The van der Waals surface area contributed by atoms with Gasteiger partial charge in [0.05, 0.1) is 10.1 Å². The number of amides is 1. The number of anilines is 1. The van der Waals surface area contributed by atoms with E-state index in [2.05, 4.69) is 5.32 Å². The molecule has 4 nitrogen and oxygen atoms in total. The molecule has 0 aliphatic carbocycles. The molecule has 2 aromatic carbocycles. The van der Waals surface area contributed by atoms with Crippen molar-refractivity contribution in [2.45, 2.75) is 26.8 Å². The van der Waals surface area contributed by atoms with Gasteiger partial charge in [-0.05, 0) is 44.5 Å². The standard InChI is InChI=1S/C18H18N2O2S/c1-11-8-9-15(12(2)10-11)19-17(21)13(3)20-18(22)14-6-4-5-7-16(14)23-20/h4-10,13H,1-3H3,(H,19,21)/t13-/m0/s1. The lowest BCUT2D eigenvalue weighted by Gasteiger charge is -2.14. The topological polar surface area (TPSA) is 51.1 Å². The fourth-order valence-electron chi connectivity index (χ4n) is 2.54. The fraction of sp³-hybridized carbons (Fsp3) is 0.222. The van der Waals surface area contributed by atoms with Crippen molar-refractivity contribution in [3.05, 3.63) is 63.9 Å². The molecule has 0 radical (unpaired) electrons. The van der Waals surface area contributed by atoms with Gasteiger partial charge >= 0.3 is 0 Å². The van der Waals surface area contributed by atoms with E-state index in [1.165, 1.54) is 15.5 Å². The fourth-order valence-corrected chi connectivity index (χ4v) is 3.58. The number of aromatic nitrogens is 1. The van der Waals surface area contributed by atoms with Crippen LogP contribution in [0.1, 0.15) is 24.1 Å². The van der Waals surface area contributed by atoms with Gasteiger partial charge in [0.2, 0.25) is 5.91 Å². The molecule has 1 atom stereocenters. The van der Waals surface area contributed by atoms with Gasteiger partial charge in [-0.15, -0.1) is 0 Å². The van der Waals surface area contributed by atoms with Crippen LogP contribution in [0.25, 0.3) is 10.1 Å². The summed E-state index contributed by atoms with van der Waals surface area (Å²) in [5.41, 5.74) is 2.82. The van der Waals surface area contributed by atoms with E-state index in [9.17, 15) is 9.59 Å². The van der Waals surface area contributed by atoms with Crippen LogP contribution in [0, 0.1) is 13.8 Å². The third-order valence-corrected chi connectivity index (χ3v) is 5.12. The summed E-state index contributed by atoms with van der Waals surface area (Å²) in [6.07, 6.45) is 0. The van der Waals surface area contributed by atoms with Crippen molar-refractivity contribution in [2.24, 2.45) is 0 Å². The van der Waals surface area contributed by atoms with E-state index in [-0.39, 0.29) is 11.5 Å². The molecule has 0 fully saturated rings. The number of benzene rings is 2. The van der Waals surface area contributed by atoms with Crippen LogP contribution >= 0.6 is 11.5 Å². The highest BCUT2D eigenvalue weighted by Gasteiger charge is 2.20. The number of rotatable bonds is 3. The molecule has 3 aromatic rings. The third kappa shape index (κ3) is 2.92. The predicted octanol–water partition coefficient (Wildman–Crippen LogP) is 3.88. The Balaban J connectivity index is 1.89. The van der Waals surface area contributed by atoms with Crippen molar-refractivity contribution in [3.63, 3.8) is 0 Å². The van der Waals surface area contributed by atoms with Crippen LogP contribution in [0.3, 0.4) is 0 Å². The molecule has 0 aliphatic rings. The average Bonchev–Trinajstić information content (AvgIpc) is 2.87. The van der Waals surface area contributed by atoms with Crippen molar-refractivity contribution in [1.29, 1.82) is 0 Å². The summed E-state index contributed by atoms with van der Waals surface area (Å²) in [6, 6.07) is 12.7. The highest BCUT2D eigenvalue weighted by molar-refractivity contribution is 7.14. The molecule has 1 N–H and O–H groups in total. The van der Waals surface area contributed by atoms with E-state index in [4.69, 9.17) is 0 Å². The lowest BCUT2D eigenvalue weighted by Crippen LogP contribution is -2.28. The summed E-state index contributed by atoms with van der Waals surface area (Å²) >= 11 is 1.32. The van der Waals surface area contributed by atoms with E-state index < -0.39 is 6.04 Å². The van der Waals surface area contributed by atoms with Crippen LogP contribution in [0.15, 0.2) is 47.3 Å². The largest absolute Gasteiger partial charge is 0.324 e. The first-order valence-corrected chi connectivity index (χ1v) is 8.23. The summed E-state index contributed by atoms with van der Waals surface area (Å²) in [5, 5.41) is 3.57. The molecule has 0 aliphatic heterocycles. The molecule has 0 unspecified atom stereocenters. The molecule has 118 valence electrons. The first-order valence-electron chi connectivity index (χ1n) is 7.46. The maximum atomic E-state index is 12.5. The number of fused-ring (bicyclic) bond motifs is 1. The molecule has 23 heavy (non-hydrogen) atoms. The van der Waals surface area contributed by atoms with Gasteiger partial charge in [-0.2, -0.15) is 0 Å². The van der Waals surface area contributed by atoms with Crippen molar-refractivity contribution in [3.8, 4) is 0 Å². The predicted molar refractivity (Wildman–Crippen MR) is 95.3 cm³/mol. The van der Waals surface area contributed by atoms with E-state index in [1.807, 2.05) is 50.2 Å². The van der Waals surface area contributed by atoms with Crippen LogP contribution in [0.2, 0.25) is 0 Å². The Morgan fingerprint density at radius 1 is 1.17 bits per heavy atom. The molecule has 3 rings (SSSR count). The van der Waals surface area contributed by atoms with Crippen molar-refractivity contribution in [2.75, 3.05) is 5.32 Å². The highest BCUT2D eigenvalue weighted by atomic mass is 32.1. The minimum atomic E-state index is -0.555. The first-order chi connectivity index (χ1) is 11.0. The van der Waals surface area contributed by atoms with Crippen LogP contribution in [-0.4, -0.2) is 9.86 Å². The second-order valence-corrected chi connectivity index (χ2v) is 6.72. The van der Waals surface area contributed by atoms with Crippen molar-refractivity contribution >= 4 is 33.2 Å². The molecule has 1 amide bonds. The quantitative estimate of drug-likeness (QED) is 0.794. The number of nitrogens with one attached hydrogen (secondary N) is 1. The number of carbonyl (C=O) groups is 1. The average molecular weight is 326 g/mol. The minimum Gasteiger partial charge on any atom is -0.324 e. The lowest BCUT2D eigenvalue weighted by atomic mass is 10.1. The Morgan fingerprint density at radius 3 is 2.61 bits per heavy atom. The molecule has 0 saturated carbocycles. The van der Waals surface area contributed by atoms with Gasteiger partial charge in [-0.25, -0.2) is 0 Å². The summed E-state index contributed by atoms with van der Waals surface area (Å²) in [5.74, 6) is -0.189. The zero-order valence-corrected chi connectivity index (χ0v) is 14.1. The smallest absolute Gasteiger partial charge is 0.269 e. The zero-order valence-electron chi connectivity index (χ0n) is 13.3. The normalized spacial score (nSPS) is 12.3. The Bertz CT molecular complexity index is 940. The molecule has 0 bridgehead atoms. The monoisotopic (exact) mass is 326 g/mol. The van der Waals surface area contributed by atoms with Gasteiger partial charge in [0.15, 0.2) is 0 Å². The number of aryl methyl sites for hydroxylation is 2. The van der Waals surface area contributed by atoms with E-state index in [0.717, 1.165) is 21.5 Å². The molecule has 5 heteroatoms. The number of carbonyl (C=O) groups excluding carboxylic acids is 1. The second-order valence-electron chi connectivity index (χ2n) is 5.70. The summed E-state index contributed by atoms with van der Waals surface area (Å²) in [7, 11) is 0. The molecular weight excluding hydrogens is 308 g/mol. The molecule has 1 aromatic heterocycles. The lowest BCUT2D eigenvalue weighted by molar-refractivity contribution is -0.118. The van der Waals surface area contributed by atoms with E-state index in [0.29, 0.717) is 5.39 Å². The highest BCUT2D eigenvalue weighted by Crippen LogP contribution is 2.22. The zero-order chi connectivity index (χ0) is 16.6. The Kier molecular flexibility index (Phi) is 4.05. The van der Waals surface area contributed by atoms with Gasteiger partial charge in [-0.3, -0.25) is 13.5 Å². The number of hydrogen-bond donors (Lipinski definition) is 1. The van der Waals surface area contributed by atoms with Crippen LogP contribution in [0.4, 0.5) is 5.69 Å². The molecular formula is C18H18N2O2S. The van der Waals surface area contributed by atoms with Gasteiger partial charge in [0.25, 0.3) is 5.56 Å². The Hall–Kier alpha value is -2.40. The SMILES string of the molecule is Cc1ccc(NC(=O)[C@H](C)n2sc3ccccc3c2=O)c(C)c1. The maximum absolute atomic E-state index is 12.5. The van der Waals surface area contributed by atoms with Gasteiger partial charge < -0.3 is 5.32 Å². The second kappa shape index (κ2) is 6.01. The van der Waals surface area contributed by atoms with E-state index in [1.54, 1.807) is 13.0 Å². The summed E-state index contributed by atoms with van der Waals surface area (Å²) < 4.78 is 2.42. The van der Waals surface area contributed by atoms with Gasteiger partial charge in [0.1, 0.15) is 6.04 Å². The maximum Gasteiger partial charge on any atom is 0.269 e. The summed E-state index contributed by atoms with van der Waals surface area (Å²) in [6.45, 7) is 5.71. The summed E-state index contributed by atoms with van der Waals surface area (Å²) in [4.78, 5) is 24.9. The first kappa shape index (κ1) is 15.5. The van der Waals surface area contributed by atoms with Gasteiger partial charge in [-0.1, -0.05) is 41.4 Å². The van der Waals surface area contributed by atoms with Crippen molar-refractivity contribution < 1.29 is 4.79 Å². The van der Waals surface area contributed by atoms with Crippen LogP contribution in [-0.2, 0) is 4.79 Å². The minimum absolute atomic E-state index is 0.117.